The molecule has 0 unspecified atom stereocenters. The average Bonchev–Trinajstić information content (AvgIpc) is 3.16. The first kappa shape index (κ1) is 26.3. The molecule has 0 saturated carbocycles. The highest BCUT2D eigenvalue weighted by atomic mass is 19.4. The third-order valence-electron chi connectivity index (χ3n) is 6.06. The number of nitro benzene ring substituents is 1. The minimum absolute atomic E-state index is 0.146. The van der Waals surface area contributed by atoms with Gasteiger partial charge in [0.15, 0.2) is 0 Å². The summed E-state index contributed by atoms with van der Waals surface area (Å²) >= 11 is 0. The van der Waals surface area contributed by atoms with E-state index >= 15 is 0 Å². The number of nitrogens with one attached hydrogen (secondary N) is 1. The fourth-order valence-corrected chi connectivity index (χ4v) is 4.20. The van der Waals surface area contributed by atoms with Gasteiger partial charge < -0.3 is 4.57 Å². The van der Waals surface area contributed by atoms with Gasteiger partial charge in [-0.1, -0.05) is 48.5 Å². The number of benzene rings is 3. The minimum Gasteiger partial charge on any atom is -0.318 e. The maximum Gasteiger partial charge on any atom is 0.416 e. The molecular weight excluding hydrogens is 497 g/mol. The lowest BCUT2D eigenvalue weighted by Crippen LogP contribution is -2.20. The predicted octanol–water partition coefficient (Wildman–Crippen LogP) is 6.38. The van der Waals surface area contributed by atoms with Crippen molar-refractivity contribution in [2.24, 2.45) is 5.10 Å². The molecule has 1 heterocycles. The van der Waals surface area contributed by atoms with Gasteiger partial charge >= 0.3 is 6.18 Å². The van der Waals surface area contributed by atoms with Gasteiger partial charge in [-0.2, -0.15) is 18.3 Å². The van der Waals surface area contributed by atoms with Crippen molar-refractivity contribution in [1.29, 1.82) is 0 Å². The van der Waals surface area contributed by atoms with E-state index in [4.69, 9.17) is 0 Å². The molecule has 0 bridgehead atoms. The Labute approximate surface area is 216 Å². The number of halogens is 3. The first-order chi connectivity index (χ1) is 18.0. The Bertz CT molecular complexity index is 1510. The van der Waals surface area contributed by atoms with Crippen molar-refractivity contribution >= 4 is 17.8 Å². The number of aryl methyl sites for hydroxylation is 1. The second-order valence-corrected chi connectivity index (χ2v) is 8.64. The van der Waals surface area contributed by atoms with Crippen molar-refractivity contribution in [3.05, 3.63) is 117 Å². The molecule has 0 spiro atoms. The summed E-state index contributed by atoms with van der Waals surface area (Å²) in [4.78, 5) is 22.6. The van der Waals surface area contributed by atoms with E-state index in [2.05, 4.69) is 10.5 Å². The quantitative estimate of drug-likeness (QED) is 0.174. The first-order valence-electron chi connectivity index (χ1n) is 11.6. The third-order valence-corrected chi connectivity index (χ3v) is 6.06. The second kappa shape index (κ2) is 10.7. The highest BCUT2D eigenvalue weighted by Gasteiger charge is 2.33. The summed E-state index contributed by atoms with van der Waals surface area (Å²) in [6, 6.07) is 22.1. The Morgan fingerprint density at radius 1 is 1.00 bits per heavy atom. The Hall–Kier alpha value is -4.73. The molecule has 0 aliphatic carbocycles. The van der Waals surface area contributed by atoms with Crippen molar-refractivity contribution < 1.29 is 22.9 Å². The summed E-state index contributed by atoms with van der Waals surface area (Å²) in [6.07, 6.45) is -3.78. The Morgan fingerprint density at radius 3 is 2.29 bits per heavy atom. The molecule has 7 nitrogen and oxygen atoms in total. The van der Waals surface area contributed by atoms with Gasteiger partial charge in [-0.3, -0.25) is 14.9 Å². The lowest BCUT2D eigenvalue weighted by Gasteiger charge is -2.11. The number of nitrogens with zero attached hydrogens (tertiary/aromatic N) is 3. The van der Waals surface area contributed by atoms with Gasteiger partial charge in [0.05, 0.1) is 23.1 Å². The molecule has 0 aliphatic rings. The smallest absolute Gasteiger partial charge is 0.318 e. The fourth-order valence-electron chi connectivity index (χ4n) is 4.20. The SMILES string of the molecule is Cc1cc(C=NNC(=O)Cc2ccc(C(F)(F)F)cc2[N+](=O)[O-])c(C)n1-c1ccc(-c2ccccc2)cc1. The van der Waals surface area contributed by atoms with Crippen LogP contribution in [0.4, 0.5) is 18.9 Å². The molecule has 4 rings (SSSR count). The summed E-state index contributed by atoms with van der Waals surface area (Å²) in [5, 5.41) is 15.2. The van der Waals surface area contributed by atoms with Gasteiger partial charge in [-0.15, -0.1) is 0 Å². The van der Waals surface area contributed by atoms with Gasteiger partial charge in [0.25, 0.3) is 5.69 Å². The van der Waals surface area contributed by atoms with Crippen LogP contribution in [-0.2, 0) is 17.4 Å². The van der Waals surface area contributed by atoms with Crippen LogP contribution in [0.3, 0.4) is 0 Å². The largest absolute Gasteiger partial charge is 0.416 e. The minimum atomic E-state index is -4.73. The molecule has 0 atom stereocenters. The first-order valence-corrected chi connectivity index (χ1v) is 11.6. The second-order valence-electron chi connectivity index (χ2n) is 8.64. The van der Waals surface area contributed by atoms with Crippen LogP contribution < -0.4 is 5.43 Å². The summed E-state index contributed by atoms with van der Waals surface area (Å²) < 4.78 is 40.7. The molecule has 194 valence electrons. The molecule has 0 saturated heterocycles. The molecule has 0 aliphatic heterocycles. The molecule has 4 aromatic rings. The maximum absolute atomic E-state index is 12.9. The fraction of sp³-hybridized carbons (Fsp3) is 0.143. The van der Waals surface area contributed by atoms with Crippen molar-refractivity contribution in [2.75, 3.05) is 0 Å². The summed E-state index contributed by atoms with van der Waals surface area (Å²) in [5.41, 5.74) is 5.95. The van der Waals surface area contributed by atoms with Crippen LogP contribution in [0.5, 0.6) is 0 Å². The zero-order valence-electron chi connectivity index (χ0n) is 20.5. The monoisotopic (exact) mass is 520 g/mol. The zero-order valence-corrected chi connectivity index (χ0v) is 20.5. The topological polar surface area (TPSA) is 89.5 Å². The summed E-state index contributed by atoms with van der Waals surface area (Å²) in [7, 11) is 0. The molecular formula is C28H23F3N4O3. The molecule has 1 N–H and O–H groups in total. The number of nitro groups is 1. The van der Waals surface area contributed by atoms with Crippen molar-refractivity contribution in [3.63, 3.8) is 0 Å². The Morgan fingerprint density at radius 2 is 1.66 bits per heavy atom. The van der Waals surface area contributed by atoms with Gasteiger partial charge in [-0.05, 0) is 49.2 Å². The van der Waals surface area contributed by atoms with Crippen LogP contribution in [0, 0.1) is 24.0 Å². The van der Waals surface area contributed by atoms with Gasteiger partial charge in [-0.25, -0.2) is 5.43 Å². The van der Waals surface area contributed by atoms with E-state index in [0.717, 1.165) is 39.8 Å². The van der Waals surface area contributed by atoms with Gasteiger partial charge in [0, 0.05) is 34.3 Å². The van der Waals surface area contributed by atoms with E-state index in [0.29, 0.717) is 12.1 Å². The number of hydrogen-bond acceptors (Lipinski definition) is 4. The van der Waals surface area contributed by atoms with E-state index in [9.17, 15) is 28.1 Å². The van der Waals surface area contributed by atoms with E-state index in [1.54, 1.807) is 0 Å². The highest BCUT2D eigenvalue weighted by Crippen LogP contribution is 2.33. The number of alkyl halides is 3. The molecule has 10 heteroatoms. The number of hydrogen-bond donors (Lipinski definition) is 1. The number of carbonyl (C=O) groups is 1. The van der Waals surface area contributed by atoms with E-state index in [1.165, 1.54) is 6.21 Å². The van der Waals surface area contributed by atoms with Crippen LogP contribution in [0.1, 0.15) is 28.1 Å². The van der Waals surface area contributed by atoms with Gasteiger partial charge in [0.1, 0.15) is 0 Å². The summed E-state index contributed by atoms with van der Waals surface area (Å²) in [5.74, 6) is -0.700. The molecule has 1 amide bonds. The number of hydrazone groups is 1. The van der Waals surface area contributed by atoms with Crippen LogP contribution >= 0.6 is 0 Å². The van der Waals surface area contributed by atoms with Crippen molar-refractivity contribution in [2.45, 2.75) is 26.4 Å². The Balaban J connectivity index is 1.46. The lowest BCUT2D eigenvalue weighted by atomic mass is 10.1. The van der Waals surface area contributed by atoms with Crippen LogP contribution in [0.2, 0.25) is 0 Å². The number of amides is 1. The molecule has 0 fully saturated rings. The molecule has 3 aromatic carbocycles. The standard InChI is InChI=1S/C28H23F3N4O3/c1-18-14-23(19(2)34(18)25-12-9-21(10-13-25)20-6-4-3-5-7-20)17-32-33-27(36)15-22-8-11-24(28(29,30)31)16-26(22)35(37)38/h3-14,16-17H,15H2,1-2H3,(H,33,36). The Kier molecular flexibility index (Phi) is 7.43. The zero-order chi connectivity index (χ0) is 27.4. The number of rotatable bonds is 7. The van der Waals surface area contributed by atoms with Gasteiger partial charge in [0.2, 0.25) is 5.91 Å². The third kappa shape index (κ3) is 5.80. The average molecular weight is 521 g/mol. The summed E-state index contributed by atoms with van der Waals surface area (Å²) in [6.45, 7) is 3.85. The van der Waals surface area contributed by atoms with E-state index in [1.807, 2.05) is 79.1 Å². The van der Waals surface area contributed by atoms with Crippen LogP contribution in [0.25, 0.3) is 16.8 Å². The molecule has 1 aromatic heterocycles. The van der Waals surface area contributed by atoms with E-state index < -0.39 is 34.7 Å². The molecule has 38 heavy (non-hydrogen) atoms. The van der Waals surface area contributed by atoms with Crippen molar-refractivity contribution in [3.8, 4) is 16.8 Å². The van der Waals surface area contributed by atoms with Crippen LogP contribution in [0.15, 0.2) is 84.0 Å². The lowest BCUT2D eigenvalue weighted by molar-refractivity contribution is -0.385. The number of aromatic nitrogens is 1. The highest BCUT2D eigenvalue weighted by molar-refractivity contribution is 5.85. The maximum atomic E-state index is 12.9. The van der Waals surface area contributed by atoms with Crippen molar-refractivity contribution in [1.82, 2.24) is 9.99 Å². The molecule has 0 radical (unpaired) electrons. The normalized spacial score (nSPS) is 11.6. The van der Waals surface area contributed by atoms with E-state index in [-0.39, 0.29) is 5.56 Å². The number of carbonyl (C=O) groups excluding carboxylic acids is 1. The van der Waals surface area contributed by atoms with Crippen LogP contribution in [-0.4, -0.2) is 21.6 Å². The predicted molar refractivity (Wildman–Crippen MR) is 138 cm³/mol.